The Bertz CT molecular complexity index is 1290. The molecule has 0 aliphatic heterocycles. The van der Waals surface area contributed by atoms with E-state index in [-0.39, 0.29) is 13.2 Å². The number of unbranched alkanes of at least 4 members (excludes halogenated alkanes) is 18. The SMILES string of the molecule is CCCCCCCCCCCCOc1cc(COC(=O)CC(=O)OCc2ccc(CNC(=O)OC(C)(C)C)cc2)cc(OCCCCCCCCCCCC)c1. The molecule has 9 heteroatoms. The predicted molar refractivity (Wildman–Crippen MR) is 225 cm³/mol. The Hall–Kier alpha value is -3.75. The Morgan fingerprint density at radius 3 is 1.34 bits per heavy atom. The van der Waals surface area contributed by atoms with E-state index >= 15 is 0 Å². The number of rotatable bonds is 32. The van der Waals surface area contributed by atoms with Gasteiger partial charge in [-0.2, -0.15) is 0 Å². The normalized spacial score (nSPS) is 11.2. The van der Waals surface area contributed by atoms with E-state index in [4.69, 9.17) is 23.7 Å². The van der Waals surface area contributed by atoms with E-state index < -0.39 is 30.1 Å². The van der Waals surface area contributed by atoms with Crippen LogP contribution in [0.1, 0.15) is 186 Å². The van der Waals surface area contributed by atoms with Gasteiger partial charge in [0.25, 0.3) is 0 Å². The van der Waals surface area contributed by atoms with Gasteiger partial charge in [-0.05, 0) is 62.4 Å². The van der Waals surface area contributed by atoms with Crippen LogP contribution < -0.4 is 14.8 Å². The molecule has 0 aliphatic rings. The first-order valence-electron chi connectivity index (χ1n) is 21.8. The lowest BCUT2D eigenvalue weighted by Crippen LogP contribution is -2.32. The van der Waals surface area contributed by atoms with E-state index in [9.17, 15) is 14.4 Å². The highest BCUT2D eigenvalue weighted by molar-refractivity contribution is 5.91. The number of ether oxygens (including phenoxy) is 5. The molecule has 0 atom stereocenters. The number of hydrogen-bond acceptors (Lipinski definition) is 8. The molecule has 316 valence electrons. The Morgan fingerprint density at radius 2 is 0.911 bits per heavy atom. The second-order valence-corrected chi connectivity index (χ2v) is 16.0. The number of carbonyl (C=O) groups excluding carboxylic acids is 3. The van der Waals surface area contributed by atoms with Crippen molar-refractivity contribution in [2.24, 2.45) is 0 Å². The van der Waals surface area contributed by atoms with Crippen molar-refractivity contribution in [2.45, 2.75) is 195 Å². The van der Waals surface area contributed by atoms with Crippen LogP contribution in [0.25, 0.3) is 0 Å². The number of benzene rings is 2. The third-order valence-electron chi connectivity index (χ3n) is 9.42. The number of alkyl carbamates (subject to hydrolysis) is 1. The molecule has 9 nitrogen and oxygen atoms in total. The summed E-state index contributed by atoms with van der Waals surface area (Å²) in [5.74, 6) is 0.0556. The van der Waals surface area contributed by atoms with Crippen LogP contribution in [0.5, 0.6) is 11.5 Å². The van der Waals surface area contributed by atoms with Crippen LogP contribution in [0.15, 0.2) is 42.5 Å². The fourth-order valence-corrected chi connectivity index (χ4v) is 6.23. The molecule has 1 amide bonds. The fraction of sp³-hybridized carbons (Fsp3) is 0.681. The highest BCUT2D eigenvalue weighted by Gasteiger charge is 2.16. The first kappa shape index (κ1) is 48.4. The second kappa shape index (κ2) is 30.4. The molecule has 1 N–H and O–H groups in total. The van der Waals surface area contributed by atoms with Crippen LogP contribution >= 0.6 is 0 Å². The van der Waals surface area contributed by atoms with Crippen molar-refractivity contribution in [3.63, 3.8) is 0 Å². The van der Waals surface area contributed by atoms with Crippen molar-refractivity contribution in [1.29, 1.82) is 0 Å². The zero-order chi connectivity index (χ0) is 40.7. The van der Waals surface area contributed by atoms with Crippen LogP contribution in [0, 0.1) is 0 Å². The molecule has 0 radical (unpaired) electrons. The number of esters is 2. The van der Waals surface area contributed by atoms with Crippen molar-refractivity contribution in [3.8, 4) is 11.5 Å². The third kappa shape index (κ3) is 26.2. The number of carbonyl (C=O) groups is 3. The van der Waals surface area contributed by atoms with Crippen molar-refractivity contribution in [3.05, 3.63) is 59.2 Å². The molecular weight excluding hydrogens is 707 g/mol. The molecule has 2 rings (SSSR count). The minimum atomic E-state index is -0.667. The van der Waals surface area contributed by atoms with Gasteiger partial charge in [-0.1, -0.05) is 154 Å². The largest absolute Gasteiger partial charge is 0.493 e. The molecule has 0 saturated carbocycles. The molecule has 2 aromatic carbocycles. The highest BCUT2D eigenvalue weighted by atomic mass is 16.6. The topological polar surface area (TPSA) is 109 Å². The van der Waals surface area contributed by atoms with Gasteiger partial charge in [0.2, 0.25) is 0 Å². The van der Waals surface area contributed by atoms with E-state index in [1.807, 2.05) is 51.1 Å². The summed E-state index contributed by atoms with van der Waals surface area (Å²) < 4.78 is 28.3. The zero-order valence-corrected chi connectivity index (χ0v) is 35.7. The standard InChI is InChI=1S/C47H75NO8/c1-6-8-10-12-14-16-18-20-22-24-30-52-42-32-41(33-43(34-42)53-31-25-23-21-19-17-15-13-11-9-7-2)38-55-45(50)35-44(49)54-37-40-28-26-39(27-29-40)36-48-46(51)56-47(3,4)5/h26-29,32-34H,6-25,30-31,35-38H2,1-5H3,(H,48,51). The van der Waals surface area contributed by atoms with Crippen molar-refractivity contribution < 1.29 is 38.1 Å². The molecular formula is C47H75NO8. The Kier molecular flexibility index (Phi) is 26.3. The van der Waals surface area contributed by atoms with Gasteiger partial charge in [-0.15, -0.1) is 0 Å². The Balaban J connectivity index is 1.79. The lowest BCUT2D eigenvalue weighted by atomic mass is 10.1. The average molecular weight is 782 g/mol. The smallest absolute Gasteiger partial charge is 0.407 e. The van der Waals surface area contributed by atoms with Gasteiger partial charge >= 0.3 is 18.0 Å². The maximum atomic E-state index is 12.6. The average Bonchev–Trinajstić information content (AvgIpc) is 3.16. The summed E-state index contributed by atoms with van der Waals surface area (Å²) in [4.78, 5) is 36.9. The second-order valence-electron chi connectivity index (χ2n) is 16.0. The van der Waals surface area contributed by atoms with Crippen molar-refractivity contribution in [1.82, 2.24) is 5.32 Å². The van der Waals surface area contributed by atoms with Gasteiger partial charge in [0, 0.05) is 12.6 Å². The van der Waals surface area contributed by atoms with Crippen molar-refractivity contribution >= 4 is 18.0 Å². The summed E-state index contributed by atoms with van der Waals surface area (Å²) in [5.41, 5.74) is 1.80. The van der Waals surface area contributed by atoms with Gasteiger partial charge in [-0.25, -0.2) is 4.79 Å². The summed E-state index contributed by atoms with van der Waals surface area (Å²) >= 11 is 0. The maximum absolute atomic E-state index is 12.6. The van der Waals surface area contributed by atoms with Gasteiger partial charge < -0.3 is 29.0 Å². The van der Waals surface area contributed by atoms with Crippen LogP contribution in [0.4, 0.5) is 4.79 Å². The summed E-state index contributed by atoms with van der Waals surface area (Å²) in [5, 5.41) is 2.71. The third-order valence-corrected chi connectivity index (χ3v) is 9.42. The Morgan fingerprint density at radius 1 is 0.518 bits per heavy atom. The van der Waals surface area contributed by atoms with Crippen molar-refractivity contribution in [2.75, 3.05) is 13.2 Å². The molecule has 0 bridgehead atoms. The van der Waals surface area contributed by atoms with Crippen LogP contribution in [-0.2, 0) is 43.6 Å². The number of amides is 1. The highest BCUT2D eigenvalue weighted by Crippen LogP contribution is 2.25. The number of hydrogen-bond donors (Lipinski definition) is 1. The first-order valence-corrected chi connectivity index (χ1v) is 21.8. The summed E-state index contributed by atoms with van der Waals surface area (Å²) in [6.07, 6.45) is 24.3. The van der Waals surface area contributed by atoms with E-state index in [1.54, 1.807) is 12.1 Å². The minimum absolute atomic E-state index is 0.00498. The monoisotopic (exact) mass is 782 g/mol. The van der Waals surface area contributed by atoms with Crippen LogP contribution in [0.2, 0.25) is 0 Å². The van der Waals surface area contributed by atoms with Gasteiger partial charge in [0.15, 0.2) is 0 Å². The van der Waals surface area contributed by atoms with E-state index in [1.165, 1.54) is 103 Å². The van der Waals surface area contributed by atoms with E-state index in [0.29, 0.717) is 31.3 Å². The zero-order valence-electron chi connectivity index (χ0n) is 35.7. The van der Waals surface area contributed by atoms with Crippen LogP contribution in [-0.4, -0.2) is 36.8 Å². The molecule has 2 aromatic rings. The summed E-state index contributed by atoms with van der Waals surface area (Å²) in [6, 6.07) is 12.9. The van der Waals surface area contributed by atoms with Gasteiger partial charge in [-0.3, -0.25) is 9.59 Å². The van der Waals surface area contributed by atoms with Gasteiger partial charge in [0.05, 0.1) is 13.2 Å². The molecule has 0 saturated heterocycles. The molecule has 56 heavy (non-hydrogen) atoms. The van der Waals surface area contributed by atoms with Crippen LogP contribution in [0.3, 0.4) is 0 Å². The molecule has 0 aromatic heterocycles. The molecule has 0 spiro atoms. The number of nitrogens with one attached hydrogen (secondary N) is 1. The quantitative estimate of drug-likeness (QED) is 0.0338. The minimum Gasteiger partial charge on any atom is -0.493 e. The lowest BCUT2D eigenvalue weighted by Gasteiger charge is -2.19. The van der Waals surface area contributed by atoms with E-state index in [2.05, 4.69) is 19.2 Å². The van der Waals surface area contributed by atoms with E-state index in [0.717, 1.165) is 42.4 Å². The molecule has 0 heterocycles. The fourth-order valence-electron chi connectivity index (χ4n) is 6.23. The molecule has 0 unspecified atom stereocenters. The maximum Gasteiger partial charge on any atom is 0.407 e. The molecule has 0 fully saturated rings. The molecule has 0 aliphatic carbocycles. The Labute approximate surface area is 339 Å². The van der Waals surface area contributed by atoms with Gasteiger partial charge in [0.1, 0.15) is 36.7 Å². The summed E-state index contributed by atoms with van der Waals surface area (Å²) in [6.45, 7) is 11.5. The first-order chi connectivity index (χ1) is 27.1. The lowest BCUT2D eigenvalue weighted by molar-refractivity contribution is -0.156. The summed E-state index contributed by atoms with van der Waals surface area (Å²) in [7, 11) is 0. The predicted octanol–water partition coefficient (Wildman–Crippen LogP) is 12.5.